The van der Waals surface area contributed by atoms with Crippen LogP contribution in [-0.2, 0) is 4.79 Å². The molecule has 0 fully saturated rings. The van der Waals surface area contributed by atoms with Gasteiger partial charge in [0.2, 0.25) is 5.91 Å². The van der Waals surface area contributed by atoms with Crippen LogP contribution < -0.4 is 9.64 Å². The average Bonchev–Trinajstić information content (AvgIpc) is 2.39. The topological polar surface area (TPSA) is 53.3 Å². The molecule has 0 saturated heterocycles. The number of nitrogens with zero attached hydrogens (tertiary/aromatic N) is 2. The van der Waals surface area contributed by atoms with Gasteiger partial charge in [0.15, 0.2) is 0 Å². The van der Waals surface area contributed by atoms with Crippen molar-refractivity contribution >= 4 is 11.6 Å². The van der Waals surface area contributed by atoms with Crippen LogP contribution in [0.3, 0.4) is 0 Å². The molecule has 0 unspecified atom stereocenters. The summed E-state index contributed by atoms with van der Waals surface area (Å²) in [6.07, 6.45) is 0.367. The van der Waals surface area contributed by atoms with Crippen LogP contribution in [0.4, 0.5) is 5.69 Å². The van der Waals surface area contributed by atoms with Crippen LogP contribution in [0.25, 0.3) is 0 Å². The molecular formula is C12H12N2O2. The monoisotopic (exact) mass is 216 g/mol. The Bertz CT molecular complexity index is 489. The van der Waals surface area contributed by atoms with Gasteiger partial charge in [-0.05, 0) is 24.6 Å². The smallest absolute Gasteiger partial charge is 0.230 e. The van der Waals surface area contributed by atoms with Gasteiger partial charge in [0.1, 0.15) is 5.75 Å². The Morgan fingerprint density at radius 2 is 2.25 bits per heavy atom. The first-order valence-corrected chi connectivity index (χ1v) is 5.07. The zero-order valence-corrected chi connectivity index (χ0v) is 9.28. The van der Waals surface area contributed by atoms with Crippen molar-refractivity contribution in [2.75, 3.05) is 18.6 Å². The number of nitriles is 1. The summed E-state index contributed by atoms with van der Waals surface area (Å²) < 4.78 is 5.50. The molecule has 1 aliphatic heterocycles. The lowest BCUT2D eigenvalue weighted by molar-refractivity contribution is -0.118. The van der Waals surface area contributed by atoms with Crippen molar-refractivity contribution in [1.82, 2.24) is 0 Å². The second kappa shape index (κ2) is 3.86. The highest BCUT2D eigenvalue weighted by Gasteiger charge is 2.21. The summed E-state index contributed by atoms with van der Waals surface area (Å²) in [7, 11) is 1.70. The van der Waals surface area contributed by atoms with Gasteiger partial charge < -0.3 is 9.64 Å². The van der Waals surface area contributed by atoms with Crippen LogP contribution in [0.5, 0.6) is 5.75 Å². The SMILES string of the molecule is Cc1cc2c(cc1C#N)N(C)C(=O)CCO2. The third kappa shape index (κ3) is 1.61. The van der Waals surface area contributed by atoms with Crippen molar-refractivity contribution in [2.24, 2.45) is 0 Å². The Hall–Kier alpha value is -2.02. The van der Waals surface area contributed by atoms with E-state index in [1.54, 1.807) is 18.0 Å². The molecule has 0 spiro atoms. The summed E-state index contributed by atoms with van der Waals surface area (Å²) in [5, 5.41) is 8.95. The molecule has 2 rings (SSSR count). The fourth-order valence-corrected chi connectivity index (χ4v) is 1.72. The number of ether oxygens (including phenoxy) is 1. The average molecular weight is 216 g/mol. The van der Waals surface area contributed by atoms with E-state index in [-0.39, 0.29) is 5.91 Å². The molecule has 4 heteroatoms. The van der Waals surface area contributed by atoms with Gasteiger partial charge in [0.25, 0.3) is 0 Å². The van der Waals surface area contributed by atoms with E-state index < -0.39 is 0 Å². The molecule has 1 aliphatic rings. The minimum absolute atomic E-state index is 0.00601. The number of hydrogen-bond acceptors (Lipinski definition) is 3. The molecule has 0 aromatic heterocycles. The van der Waals surface area contributed by atoms with Gasteiger partial charge in [-0.25, -0.2) is 0 Å². The van der Waals surface area contributed by atoms with E-state index in [2.05, 4.69) is 6.07 Å². The molecule has 1 amide bonds. The van der Waals surface area contributed by atoms with Crippen LogP contribution in [-0.4, -0.2) is 19.6 Å². The number of anilines is 1. The number of fused-ring (bicyclic) bond motifs is 1. The van der Waals surface area contributed by atoms with Gasteiger partial charge in [-0.2, -0.15) is 5.26 Å². The van der Waals surface area contributed by atoms with E-state index in [0.717, 1.165) is 5.56 Å². The van der Waals surface area contributed by atoms with Crippen molar-refractivity contribution in [3.8, 4) is 11.8 Å². The van der Waals surface area contributed by atoms with Gasteiger partial charge in [0.05, 0.1) is 30.3 Å². The van der Waals surface area contributed by atoms with Gasteiger partial charge in [0, 0.05) is 7.05 Å². The molecule has 0 radical (unpaired) electrons. The second-order valence-corrected chi connectivity index (χ2v) is 3.80. The summed E-state index contributed by atoms with van der Waals surface area (Å²) in [5.41, 5.74) is 2.11. The maximum absolute atomic E-state index is 11.6. The molecule has 1 aromatic rings. The van der Waals surface area contributed by atoms with Crippen molar-refractivity contribution in [3.63, 3.8) is 0 Å². The molecule has 0 bridgehead atoms. The van der Waals surface area contributed by atoms with Gasteiger partial charge >= 0.3 is 0 Å². The van der Waals surface area contributed by atoms with Crippen molar-refractivity contribution < 1.29 is 9.53 Å². The molecule has 1 heterocycles. The normalized spacial score (nSPS) is 14.8. The Kier molecular flexibility index (Phi) is 2.53. The number of rotatable bonds is 0. The molecule has 0 saturated carbocycles. The standard InChI is InChI=1S/C12H12N2O2/c1-8-5-11-10(6-9(8)7-13)14(2)12(15)3-4-16-11/h5-6H,3-4H2,1-2H3. The lowest BCUT2D eigenvalue weighted by atomic mass is 10.1. The van der Waals surface area contributed by atoms with E-state index in [9.17, 15) is 4.79 Å². The van der Waals surface area contributed by atoms with Crippen molar-refractivity contribution in [3.05, 3.63) is 23.3 Å². The Labute approximate surface area is 94.0 Å². The fourth-order valence-electron chi connectivity index (χ4n) is 1.72. The van der Waals surface area contributed by atoms with Crippen LogP contribution in [0, 0.1) is 18.3 Å². The summed E-state index contributed by atoms with van der Waals surface area (Å²) in [6.45, 7) is 2.25. The first-order valence-electron chi connectivity index (χ1n) is 5.07. The predicted molar refractivity (Wildman–Crippen MR) is 59.4 cm³/mol. The van der Waals surface area contributed by atoms with Crippen LogP contribution in [0.2, 0.25) is 0 Å². The third-order valence-electron chi connectivity index (χ3n) is 2.74. The van der Waals surface area contributed by atoms with E-state index >= 15 is 0 Å². The molecule has 4 nitrogen and oxygen atoms in total. The number of benzene rings is 1. The zero-order valence-electron chi connectivity index (χ0n) is 9.28. The van der Waals surface area contributed by atoms with E-state index in [1.165, 1.54) is 0 Å². The minimum Gasteiger partial charge on any atom is -0.491 e. The quantitative estimate of drug-likeness (QED) is 0.662. The van der Waals surface area contributed by atoms with E-state index in [4.69, 9.17) is 10.00 Å². The molecule has 0 N–H and O–H groups in total. The number of carbonyl (C=O) groups excluding carboxylic acids is 1. The largest absolute Gasteiger partial charge is 0.491 e. The lowest BCUT2D eigenvalue weighted by Gasteiger charge is -2.17. The first kappa shape index (κ1) is 10.5. The molecule has 0 atom stereocenters. The number of carbonyl (C=O) groups is 1. The Morgan fingerprint density at radius 1 is 1.50 bits per heavy atom. The highest BCUT2D eigenvalue weighted by atomic mass is 16.5. The number of aryl methyl sites for hydroxylation is 1. The third-order valence-corrected chi connectivity index (χ3v) is 2.74. The highest BCUT2D eigenvalue weighted by molar-refractivity contribution is 5.95. The molecule has 0 aliphatic carbocycles. The van der Waals surface area contributed by atoms with Gasteiger partial charge in [-0.15, -0.1) is 0 Å². The van der Waals surface area contributed by atoms with Crippen LogP contribution in [0.1, 0.15) is 17.5 Å². The highest BCUT2D eigenvalue weighted by Crippen LogP contribution is 2.33. The van der Waals surface area contributed by atoms with E-state index in [1.807, 2.05) is 13.0 Å². The molecular weight excluding hydrogens is 204 g/mol. The summed E-state index contributed by atoms with van der Waals surface area (Å²) >= 11 is 0. The summed E-state index contributed by atoms with van der Waals surface area (Å²) in [6, 6.07) is 5.62. The first-order chi connectivity index (χ1) is 7.63. The van der Waals surface area contributed by atoms with Gasteiger partial charge in [-0.1, -0.05) is 0 Å². The molecule has 16 heavy (non-hydrogen) atoms. The Morgan fingerprint density at radius 3 is 2.94 bits per heavy atom. The lowest BCUT2D eigenvalue weighted by Crippen LogP contribution is -2.25. The fraction of sp³-hybridized carbons (Fsp3) is 0.333. The maximum atomic E-state index is 11.6. The number of hydrogen-bond donors (Lipinski definition) is 0. The van der Waals surface area contributed by atoms with Gasteiger partial charge in [-0.3, -0.25) is 4.79 Å². The van der Waals surface area contributed by atoms with Crippen LogP contribution in [0.15, 0.2) is 12.1 Å². The molecule has 1 aromatic carbocycles. The zero-order chi connectivity index (χ0) is 11.7. The molecule has 82 valence electrons. The summed E-state index contributed by atoms with van der Waals surface area (Å²) in [4.78, 5) is 13.2. The Balaban J connectivity index is 2.58. The predicted octanol–water partition coefficient (Wildman–Crippen LogP) is 1.61. The van der Waals surface area contributed by atoms with Crippen molar-refractivity contribution in [2.45, 2.75) is 13.3 Å². The second-order valence-electron chi connectivity index (χ2n) is 3.80. The number of amides is 1. The van der Waals surface area contributed by atoms with Crippen molar-refractivity contribution in [1.29, 1.82) is 5.26 Å². The summed E-state index contributed by atoms with van der Waals surface area (Å²) in [5.74, 6) is 0.677. The minimum atomic E-state index is 0.00601. The van der Waals surface area contributed by atoms with Crippen LogP contribution >= 0.6 is 0 Å². The maximum Gasteiger partial charge on any atom is 0.230 e. The van der Waals surface area contributed by atoms with E-state index in [0.29, 0.717) is 30.0 Å².